The van der Waals surface area contributed by atoms with E-state index in [0.717, 1.165) is 47.3 Å². The summed E-state index contributed by atoms with van der Waals surface area (Å²) >= 11 is 11.7. The smallest absolute Gasteiger partial charge is 0.169 e. The average molecular weight is 420 g/mol. The largest absolute Gasteiger partial charge is 0.360 e. The number of nitrogens with one attached hydrogen (secondary N) is 2. The first-order valence-corrected chi connectivity index (χ1v) is 11.4. The van der Waals surface area contributed by atoms with Gasteiger partial charge < -0.3 is 10.2 Å². The summed E-state index contributed by atoms with van der Waals surface area (Å²) in [7, 11) is 0. The molecule has 4 rings (SSSR count). The summed E-state index contributed by atoms with van der Waals surface area (Å²) in [5.41, 5.74) is 5.02. The molecule has 2 N–H and O–H groups in total. The lowest BCUT2D eigenvalue weighted by Gasteiger charge is -2.39. The standard InChI is InChI=1S/C22H30ClN3OS/c23-18-10-8-17(9-11-18)20-16-22(27-25-20)12-14-26(15-13-22)21(28)24-19-6-4-2-1-3-5-7-19/h8-11,16,19,25H,1-7,12-15H2,(H,24,28). The maximum Gasteiger partial charge on any atom is 0.169 e. The van der Waals surface area contributed by atoms with Gasteiger partial charge in [-0.3, -0.25) is 10.3 Å². The van der Waals surface area contributed by atoms with Gasteiger partial charge in [0, 0.05) is 37.0 Å². The van der Waals surface area contributed by atoms with Gasteiger partial charge in [-0.2, -0.15) is 0 Å². The predicted octanol–water partition coefficient (Wildman–Crippen LogP) is 5.04. The number of piperidine rings is 1. The van der Waals surface area contributed by atoms with Crippen LogP contribution in [0.1, 0.15) is 63.4 Å². The Hall–Kier alpha value is -1.30. The summed E-state index contributed by atoms with van der Waals surface area (Å²) in [6.45, 7) is 1.84. The van der Waals surface area contributed by atoms with Crippen LogP contribution in [0.2, 0.25) is 5.02 Å². The number of benzene rings is 1. The van der Waals surface area contributed by atoms with Gasteiger partial charge in [-0.1, -0.05) is 55.8 Å². The third kappa shape index (κ3) is 4.81. The minimum Gasteiger partial charge on any atom is -0.360 e. The van der Waals surface area contributed by atoms with Crippen LogP contribution in [0.25, 0.3) is 5.70 Å². The molecule has 2 heterocycles. The highest BCUT2D eigenvalue weighted by Gasteiger charge is 2.39. The fraction of sp³-hybridized carbons (Fsp3) is 0.591. The molecule has 28 heavy (non-hydrogen) atoms. The minimum absolute atomic E-state index is 0.235. The van der Waals surface area contributed by atoms with Gasteiger partial charge in [-0.15, -0.1) is 0 Å². The Labute approximate surface area is 178 Å². The van der Waals surface area contributed by atoms with E-state index < -0.39 is 0 Å². The van der Waals surface area contributed by atoms with Crippen molar-refractivity contribution in [2.45, 2.75) is 69.4 Å². The SMILES string of the molecule is S=C(NC1CCCCCCC1)N1CCC2(C=C(c3ccc(Cl)cc3)NO2)CC1. The van der Waals surface area contributed by atoms with Gasteiger partial charge in [-0.25, -0.2) is 0 Å². The van der Waals surface area contributed by atoms with E-state index in [4.69, 9.17) is 28.7 Å². The van der Waals surface area contributed by atoms with Crippen molar-refractivity contribution in [3.05, 3.63) is 40.9 Å². The molecule has 1 spiro atoms. The Morgan fingerprint density at radius 3 is 2.39 bits per heavy atom. The Morgan fingerprint density at radius 2 is 1.71 bits per heavy atom. The van der Waals surface area contributed by atoms with E-state index >= 15 is 0 Å². The first-order chi connectivity index (χ1) is 13.6. The molecule has 1 saturated carbocycles. The zero-order valence-corrected chi connectivity index (χ0v) is 18.0. The Bertz CT molecular complexity index is 705. The Morgan fingerprint density at radius 1 is 1.07 bits per heavy atom. The fourth-order valence-electron chi connectivity index (χ4n) is 4.45. The van der Waals surface area contributed by atoms with E-state index in [-0.39, 0.29) is 5.60 Å². The van der Waals surface area contributed by atoms with Crippen LogP contribution < -0.4 is 10.8 Å². The summed E-state index contributed by atoms with van der Waals surface area (Å²) in [6, 6.07) is 8.41. The molecule has 0 atom stereocenters. The van der Waals surface area contributed by atoms with Crippen molar-refractivity contribution < 1.29 is 4.84 Å². The van der Waals surface area contributed by atoms with Crippen molar-refractivity contribution in [2.75, 3.05) is 13.1 Å². The summed E-state index contributed by atoms with van der Waals surface area (Å²) in [5.74, 6) is 0. The van der Waals surface area contributed by atoms with Crippen LogP contribution in [0.4, 0.5) is 0 Å². The van der Waals surface area contributed by atoms with Gasteiger partial charge in [0.2, 0.25) is 0 Å². The van der Waals surface area contributed by atoms with E-state index in [0.29, 0.717) is 6.04 Å². The molecule has 0 aromatic heterocycles. The quantitative estimate of drug-likeness (QED) is 0.657. The fourth-order valence-corrected chi connectivity index (χ4v) is 4.93. The topological polar surface area (TPSA) is 36.5 Å². The molecule has 4 nitrogen and oxygen atoms in total. The number of hydrogen-bond acceptors (Lipinski definition) is 3. The van der Waals surface area contributed by atoms with E-state index in [2.05, 4.69) is 21.8 Å². The van der Waals surface area contributed by atoms with Gasteiger partial charge >= 0.3 is 0 Å². The molecular weight excluding hydrogens is 390 g/mol. The molecule has 1 aromatic rings. The molecule has 0 unspecified atom stereocenters. The minimum atomic E-state index is -0.235. The summed E-state index contributed by atoms with van der Waals surface area (Å²) in [6.07, 6.45) is 13.4. The Balaban J connectivity index is 1.31. The number of nitrogens with zero attached hydrogens (tertiary/aromatic N) is 1. The average Bonchev–Trinajstić information content (AvgIpc) is 3.08. The van der Waals surface area contributed by atoms with Crippen LogP contribution in [0.3, 0.4) is 0 Å². The van der Waals surface area contributed by atoms with Gasteiger partial charge in [-0.05, 0) is 48.8 Å². The van der Waals surface area contributed by atoms with Crippen molar-refractivity contribution in [1.82, 2.24) is 15.7 Å². The van der Waals surface area contributed by atoms with Crippen LogP contribution in [0.5, 0.6) is 0 Å². The molecule has 1 aromatic carbocycles. The molecular formula is C22H30ClN3OS. The van der Waals surface area contributed by atoms with Crippen molar-refractivity contribution in [1.29, 1.82) is 0 Å². The van der Waals surface area contributed by atoms with Crippen LogP contribution >= 0.6 is 23.8 Å². The first kappa shape index (κ1) is 20.0. The molecule has 0 radical (unpaired) electrons. The number of rotatable bonds is 2. The van der Waals surface area contributed by atoms with Crippen LogP contribution in [-0.2, 0) is 4.84 Å². The van der Waals surface area contributed by atoms with Crippen molar-refractivity contribution >= 4 is 34.6 Å². The van der Waals surface area contributed by atoms with Gasteiger partial charge in [0.15, 0.2) is 5.11 Å². The normalized spacial score (nSPS) is 22.9. The maximum absolute atomic E-state index is 6.02. The third-order valence-electron chi connectivity index (χ3n) is 6.26. The number of likely N-dealkylation sites (tertiary alicyclic amines) is 1. The molecule has 0 bridgehead atoms. The zero-order valence-electron chi connectivity index (χ0n) is 16.4. The molecule has 2 fully saturated rings. The summed E-state index contributed by atoms with van der Waals surface area (Å²) in [4.78, 5) is 8.34. The highest BCUT2D eigenvalue weighted by molar-refractivity contribution is 7.80. The molecule has 0 amide bonds. The second-order valence-corrected chi connectivity index (χ2v) is 9.14. The molecule has 1 aliphatic carbocycles. The highest BCUT2D eigenvalue weighted by atomic mass is 35.5. The third-order valence-corrected chi connectivity index (χ3v) is 6.88. The second-order valence-electron chi connectivity index (χ2n) is 8.31. The molecule has 6 heteroatoms. The van der Waals surface area contributed by atoms with Gasteiger partial charge in [0.1, 0.15) is 5.60 Å². The number of hydroxylamine groups is 1. The lowest BCUT2D eigenvalue weighted by atomic mass is 9.90. The van der Waals surface area contributed by atoms with Crippen molar-refractivity contribution in [3.8, 4) is 0 Å². The van der Waals surface area contributed by atoms with E-state index in [1.54, 1.807) is 0 Å². The van der Waals surface area contributed by atoms with Crippen LogP contribution in [-0.4, -0.2) is 34.7 Å². The highest BCUT2D eigenvalue weighted by Crippen LogP contribution is 2.35. The lowest BCUT2D eigenvalue weighted by Crippen LogP contribution is -2.51. The Kier molecular flexibility index (Phi) is 6.44. The predicted molar refractivity (Wildman–Crippen MR) is 119 cm³/mol. The van der Waals surface area contributed by atoms with Crippen LogP contribution in [0.15, 0.2) is 30.3 Å². The molecule has 152 valence electrons. The lowest BCUT2D eigenvalue weighted by molar-refractivity contribution is -0.0618. The van der Waals surface area contributed by atoms with Crippen LogP contribution in [0, 0.1) is 0 Å². The monoisotopic (exact) mass is 419 g/mol. The summed E-state index contributed by atoms with van der Waals surface area (Å²) < 4.78 is 0. The molecule has 2 aliphatic heterocycles. The van der Waals surface area contributed by atoms with Crippen molar-refractivity contribution in [2.24, 2.45) is 0 Å². The molecule has 1 saturated heterocycles. The van der Waals surface area contributed by atoms with Crippen molar-refractivity contribution in [3.63, 3.8) is 0 Å². The maximum atomic E-state index is 6.02. The first-order valence-electron chi connectivity index (χ1n) is 10.6. The van der Waals surface area contributed by atoms with Gasteiger partial charge in [0.25, 0.3) is 0 Å². The van der Waals surface area contributed by atoms with E-state index in [1.165, 1.54) is 44.9 Å². The second kappa shape index (κ2) is 9.02. The van der Waals surface area contributed by atoms with Gasteiger partial charge in [0.05, 0.1) is 5.70 Å². The molecule has 3 aliphatic rings. The number of hydrogen-bond donors (Lipinski definition) is 2. The number of thiocarbonyl (C=S) groups is 1. The summed E-state index contributed by atoms with van der Waals surface area (Å²) in [5, 5.41) is 5.32. The zero-order chi connectivity index (χ0) is 19.4. The van der Waals surface area contributed by atoms with E-state index in [9.17, 15) is 0 Å². The number of halogens is 1. The van der Waals surface area contributed by atoms with E-state index in [1.807, 2.05) is 24.3 Å².